The molecule has 0 radical (unpaired) electrons. The summed E-state index contributed by atoms with van der Waals surface area (Å²) < 4.78 is 0. The van der Waals surface area contributed by atoms with Crippen LogP contribution in [0.2, 0.25) is 0 Å². The lowest BCUT2D eigenvalue weighted by molar-refractivity contribution is -0.113. The van der Waals surface area contributed by atoms with Gasteiger partial charge in [0, 0.05) is 16.1 Å². The Morgan fingerprint density at radius 3 is 2.52 bits per heavy atom. The quantitative estimate of drug-likeness (QED) is 0.296. The molecule has 1 amide bonds. The molecule has 0 bridgehead atoms. The van der Waals surface area contributed by atoms with E-state index in [0.29, 0.717) is 21.1 Å². The van der Waals surface area contributed by atoms with E-state index in [4.69, 9.17) is 5.11 Å². The molecule has 9 heteroatoms. The number of carbonyl (C=O) groups is 2. The number of thiophene rings is 1. The van der Waals surface area contributed by atoms with Gasteiger partial charge in [-0.1, -0.05) is 42.1 Å². The first kappa shape index (κ1) is 20.8. The van der Waals surface area contributed by atoms with Crippen molar-refractivity contribution < 1.29 is 14.7 Å². The molecule has 0 atom stereocenters. The zero-order valence-corrected chi connectivity index (χ0v) is 18.0. The maximum atomic E-state index is 12.8. The topological polar surface area (TPSA) is 112 Å². The highest BCUT2D eigenvalue weighted by Crippen LogP contribution is 2.35. The van der Waals surface area contributed by atoms with Crippen molar-refractivity contribution in [2.24, 2.45) is 0 Å². The first-order valence-electron chi connectivity index (χ1n) is 9.27. The molecule has 0 aliphatic heterocycles. The Bertz CT molecular complexity index is 1330. The highest BCUT2D eigenvalue weighted by molar-refractivity contribution is 7.99. The van der Waals surface area contributed by atoms with E-state index in [1.54, 1.807) is 0 Å². The fourth-order valence-electron chi connectivity index (χ4n) is 3.15. The molecule has 2 heterocycles. The lowest BCUT2D eigenvalue weighted by atomic mass is 10.0. The van der Waals surface area contributed by atoms with Crippen LogP contribution in [-0.4, -0.2) is 32.7 Å². The second-order valence-electron chi connectivity index (χ2n) is 6.67. The standard InChI is InChI=1S/C22H17N3O4S2/c1-12-17(13-5-3-2-4-6-13)18-19(27)24-22(25-20(18)31-12)30-11-16(26)23-15-9-7-14(8-10-15)21(28)29/h2-10H,11H2,1H3,(H,23,26)(H,28,29)(H,24,25,27). The Hall–Kier alpha value is -3.43. The number of fused-ring (bicyclic) bond motifs is 1. The fraction of sp³-hybridized carbons (Fsp3) is 0.0909. The van der Waals surface area contributed by atoms with Crippen molar-refractivity contribution in [1.29, 1.82) is 0 Å². The molecular weight excluding hydrogens is 434 g/mol. The second kappa shape index (κ2) is 8.75. The molecule has 0 aliphatic carbocycles. The van der Waals surface area contributed by atoms with Crippen LogP contribution >= 0.6 is 23.1 Å². The number of aromatic nitrogens is 2. The van der Waals surface area contributed by atoms with E-state index in [-0.39, 0.29) is 22.8 Å². The number of aromatic amines is 1. The first-order valence-corrected chi connectivity index (χ1v) is 11.1. The number of anilines is 1. The van der Waals surface area contributed by atoms with Crippen LogP contribution in [0.1, 0.15) is 15.2 Å². The number of carbonyl (C=O) groups excluding carboxylic acids is 1. The molecule has 0 fully saturated rings. The summed E-state index contributed by atoms with van der Waals surface area (Å²) in [4.78, 5) is 44.8. The summed E-state index contributed by atoms with van der Waals surface area (Å²) in [5.74, 6) is -1.27. The number of nitrogens with zero attached hydrogens (tertiary/aromatic N) is 1. The number of carboxylic acids is 1. The third-order valence-electron chi connectivity index (χ3n) is 4.53. The Balaban J connectivity index is 1.50. The van der Waals surface area contributed by atoms with E-state index in [0.717, 1.165) is 27.8 Å². The molecule has 31 heavy (non-hydrogen) atoms. The molecule has 3 N–H and O–H groups in total. The molecule has 2 aromatic carbocycles. The van der Waals surface area contributed by atoms with Crippen molar-refractivity contribution in [2.45, 2.75) is 12.1 Å². The van der Waals surface area contributed by atoms with E-state index in [1.807, 2.05) is 37.3 Å². The molecule has 7 nitrogen and oxygen atoms in total. The van der Waals surface area contributed by atoms with E-state index < -0.39 is 5.97 Å². The van der Waals surface area contributed by atoms with Gasteiger partial charge in [0.15, 0.2) is 5.16 Å². The average Bonchev–Trinajstić information content (AvgIpc) is 3.09. The largest absolute Gasteiger partial charge is 0.478 e. The molecule has 0 saturated heterocycles. The number of thioether (sulfide) groups is 1. The van der Waals surface area contributed by atoms with Gasteiger partial charge in [-0.25, -0.2) is 9.78 Å². The summed E-state index contributed by atoms with van der Waals surface area (Å²) in [7, 11) is 0. The molecule has 2 aromatic heterocycles. The molecule has 156 valence electrons. The fourth-order valence-corrected chi connectivity index (χ4v) is 4.91. The van der Waals surface area contributed by atoms with E-state index in [9.17, 15) is 14.4 Å². The number of hydrogen-bond acceptors (Lipinski definition) is 6. The van der Waals surface area contributed by atoms with Crippen molar-refractivity contribution in [3.8, 4) is 11.1 Å². The Labute approximate surface area is 185 Å². The monoisotopic (exact) mass is 451 g/mol. The van der Waals surface area contributed by atoms with Gasteiger partial charge < -0.3 is 15.4 Å². The van der Waals surface area contributed by atoms with E-state index in [2.05, 4.69) is 15.3 Å². The van der Waals surface area contributed by atoms with Crippen molar-refractivity contribution in [1.82, 2.24) is 9.97 Å². The SMILES string of the molecule is Cc1sc2nc(SCC(=O)Nc3ccc(C(=O)O)cc3)[nH]c(=O)c2c1-c1ccccc1. The zero-order valence-electron chi connectivity index (χ0n) is 16.3. The summed E-state index contributed by atoms with van der Waals surface area (Å²) >= 11 is 2.58. The summed E-state index contributed by atoms with van der Waals surface area (Å²) in [5.41, 5.74) is 2.25. The molecular formula is C22H17N3O4S2. The summed E-state index contributed by atoms with van der Waals surface area (Å²) in [6.45, 7) is 1.96. The van der Waals surface area contributed by atoms with Crippen LogP contribution < -0.4 is 10.9 Å². The van der Waals surface area contributed by atoms with Crippen molar-refractivity contribution in [3.63, 3.8) is 0 Å². The van der Waals surface area contributed by atoms with Gasteiger partial charge in [0.25, 0.3) is 5.56 Å². The third-order valence-corrected chi connectivity index (χ3v) is 6.41. The summed E-state index contributed by atoms with van der Waals surface area (Å²) in [6.07, 6.45) is 0. The maximum Gasteiger partial charge on any atom is 0.335 e. The normalized spacial score (nSPS) is 10.9. The van der Waals surface area contributed by atoms with Gasteiger partial charge in [0.1, 0.15) is 4.83 Å². The predicted molar refractivity (Wildman–Crippen MR) is 123 cm³/mol. The van der Waals surface area contributed by atoms with Crippen LogP contribution in [0.15, 0.2) is 64.5 Å². The van der Waals surface area contributed by atoms with E-state index >= 15 is 0 Å². The lowest BCUT2D eigenvalue weighted by Gasteiger charge is -2.05. The van der Waals surface area contributed by atoms with Gasteiger partial charge in [0.05, 0.1) is 16.7 Å². The molecule has 0 aliphatic rings. The van der Waals surface area contributed by atoms with E-state index in [1.165, 1.54) is 35.6 Å². The van der Waals surface area contributed by atoms with Gasteiger partial charge >= 0.3 is 5.97 Å². The summed E-state index contributed by atoms with van der Waals surface area (Å²) in [6, 6.07) is 15.6. The molecule has 0 unspecified atom stereocenters. The van der Waals surface area contributed by atoms with Crippen LogP contribution in [-0.2, 0) is 4.79 Å². The molecule has 4 rings (SSSR count). The number of carboxylic acid groups (broad SMARTS) is 1. The van der Waals surface area contributed by atoms with Gasteiger partial charge in [0.2, 0.25) is 5.91 Å². The number of amides is 1. The Morgan fingerprint density at radius 1 is 1.13 bits per heavy atom. The highest BCUT2D eigenvalue weighted by atomic mass is 32.2. The minimum atomic E-state index is -1.03. The molecule has 0 spiro atoms. The Morgan fingerprint density at radius 2 is 1.84 bits per heavy atom. The van der Waals surface area contributed by atoms with Crippen molar-refractivity contribution >= 4 is 50.9 Å². The number of benzene rings is 2. The van der Waals surface area contributed by atoms with Crippen LogP contribution in [0.3, 0.4) is 0 Å². The number of H-pyrrole nitrogens is 1. The Kier molecular flexibility index (Phi) is 5.88. The van der Waals surface area contributed by atoms with Gasteiger partial charge in [-0.15, -0.1) is 11.3 Å². The minimum Gasteiger partial charge on any atom is -0.478 e. The van der Waals surface area contributed by atoms with Crippen LogP contribution in [0, 0.1) is 6.92 Å². The predicted octanol–water partition coefficient (Wildman–Crippen LogP) is 4.39. The average molecular weight is 452 g/mol. The smallest absolute Gasteiger partial charge is 0.335 e. The number of hydrogen-bond donors (Lipinski definition) is 3. The van der Waals surface area contributed by atoms with Gasteiger partial charge in [-0.2, -0.15) is 0 Å². The minimum absolute atomic E-state index is 0.0467. The number of nitrogens with one attached hydrogen (secondary N) is 2. The van der Waals surface area contributed by atoms with Crippen LogP contribution in [0.4, 0.5) is 5.69 Å². The lowest BCUT2D eigenvalue weighted by Crippen LogP contribution is -2.15. The maximum absolute atomic E-state index is 12.8. The number of rotatable bonds is 6. The van der Waals surface area contributed by atoms with Gasteiger partial charge in [-0.05, 0) is 36.8 Å². The van der Waals surface area contributed by atoms with Crippen LogP contribution in [0.5, 0.6) is 0 Å². The summed E-state index contributed by atoms with van der Waals surface area (Å²) in [5, 5.41) is 12.5. The molecule has 4 aromatic rings. The van der Waals surface area contributed by atoms with Gasteiger partial charge in [-0.3, -0.25) is 9.59 Å². The second-order valence-corrected chi connectivity index (χ2v) is 8.84. The zero-order chi connectivity index (χ0) is 22.0. The number of aromatic carboxylic acids is 1. The highest BCUT2D eigenvalue weighted by Gasteiger charge is 2.17. The van der Waals surface area contributed by atoms with Crippen molar-refractivity contribution in [3.05, 3.63) is 75.4 Å². The first-order chi connectivity index (χ1) is 14.9. The third kappa shape index (κ3) is 4.52. The molecule has 0 saturated carbocycles. The van der Waals surface area contributed by atoms with Crippen molar-refractivity contribution in [2.75, 3.05) is 11.1 Å². The van der Waals surface area contributed by atoms with Crippen LogP contribution in [0.25, 0.3) is 21.3 Å². The number of aryl methyl sites for hydroxylation is 1.